The van der Waals surface area contributed by atoms with Gasteiger partial charge in [-0.2, -0.15) is 0 Å². The highest BCUT2D eigenvalue weighted by Crippen LogP contribution is 2.29. The average Bonchev–Trinajstić information content (AvgIpc) is 2.86. The van der Waals surface area contributed by atoms with Gasteiger partial charge >= 0.3 is 0 Å². The Morgan fingerprint density at radius 2 is 1.34 bits per heavy atom. The maximum Gasteiger partial charge on any atom is 0.225 e. The van der Waals surface area contributed by atoms with Gasteiger partial charge in [0.1, 0.15) is 0 Å². The highest BCUT2D eigenvalue weighted by molar-refractivity contribution is 5.78. The van der Waals surface area contributed by atoms with E-state index in [2.05, 4.69) is 77.7 Å². The van der Waals surface area contributed by atoms with Gasteiger partial charge in [0, 0.05) is 25.4 Å². The van der Waals surface area contributed by atoms with Crippen molar-refractivity contribution in [1.29, 1.82) is 0 Å². The number of nitrogens with zero attached hydrogens (tertiary/aromatic N) is 2. The van der Waals surface area contributed by atoms with Gasteiger partial charge in [0.25, 0.3) is 0 Å². The number of benzene rings is 3. The summed E-state index contributed by atoms with van der Waals surface area (Å²) in [6, 6.07) is 31.9. The maximum absolute atomic E-state index is 13.0. The molecular formula is C29H34N2O. The molecule has 1 fully saturated rings. The molecule has 0 unspecified atom stereocenters. The molecule has 0 N–H and O–H groups in total. The lowest BCUT2D eigenvalue weighted by Crippen LogP contribution is -2.41. The molecular weight excluding hydrogens is 392 g/mol. The molecule has 4 rings (SSSR count). The van der Waals surface area contributed by atoms with Crippen LogP contribution in [0.1, 0.15) is 41.9 Å². The second-order valence-corrected chi connectivity index (χ2v) is 8.96. The Kier molecular flexibility index (Phi) is 7.73. The summed E-state index contributed by atoms with van der Waals surface area (Å²) < 4.78 is 0. The normalized spacial score (nSPS) is 15.1. The second-order valence-electron chi connectivity index (χ2n) is 8.96. The van der Waals surface area contributed by atoms with Gasteiger partial charge in [-0.3, -0.25) is 4.79 Å². The zero-order chi connectivity index (χ0) is 22.2. The van der Waals surface area contributed by atoms with E-state index in [1.807, 2.05) is 30.1 Å². The Bertz CT molecular complexity index is 911. The van der Waals surface area contributed by atoms with Crippen molar-refractivity contribution < 1.29 is 4.79 Å². The standard InChI is InChI=1S/C29H34N2O/c1-30(23-24-11-5-2-6-12-24)29(32)27-17-20-31(21-18-27)22-19-28(25-13-7-3-8-14-25)26-15-9-4-10-16-26/h2-16,27-28H,17-23H2,1H3. The number of amides is 1. The number of carbonyl (C=O) groups is 1. The van der Waals surface area contributed by atoms with E-state index >= 15 is 0 Å². The topological polar surface area (TPSA) is 23.6 Å². The number of rotatable bonds is 8. The minimum absolute atomic E-state index is 0.152. The van der Waals surface area contributed by atoms with Gasteiger partial charge in [-0.1, -0.05) is 91.0 Å². The molecule has 0 aromatic heterocycles. The van der Waals surface area contributed by atoms with E-state index in [0.29, 0.717) is 18.4 Å². The van der Waals surface area contributed by atoms with Gasteiger partial charge in [0.15, 0.2) is 0 Å². The predicted octanol–water partition coefficient (Wildman–Crippen LogP) is 5.58. The molecule has 1 aliphatic heterocycles. The minimum atomic E-state index is 0.152. The first-order chi connectivity index (χ1) is 15.7. The van der Waals surface area contributed by atoms with Gasteiger partial charge < -0.3 is 9.80 Å². The number of hydrogen-bond donors (Lipinski definition) is 0. The first kappa shape index (κ1) is 22.3. The van der Waals surface area contributed by atoms with Crippen molar-refractivity contribution in [3.05, 3.63) is 108 Å². The van der Waals surface area contributed by atoms with E-state index in [0.717, 1.165) is 38.9 Å². The Morgan fingerprint density at radius 1 is 0.844 bits per heavy atom. The molecule has 3 aromatic carbocycles. The summed E-state index contributed by atoms with van der Waals surface area (Å²) in [5.74, 6) is 0.854. The highest BCUT2D eigenvalue weighted by atomic mass is 16.2. The van der Waals surface area contributed by atoms with Crippen molar-refractivity contribution in [3.8, 4) is 0 Å². The van der Waals surface area contributed by atoms with Crippen LogP contribution in [0.15, 0.2) is 91.0 Å². The molecule has 1 aliphatic rings. The van der Waals surface area contributed by atoms with Crippen LogP contribution < -0.4 is 0 Å². The van der Waals surface area contributed by atoms with Crippen LogP contribution in [-0.2, 0) is 11.3 Å². The fourth-order valence-electron chi connectivity index (χ4n) is 4.86. The smallest absolute Gasteiger partial charge is 0.225 e. The van der Waals surface area contributed by atoms with Crippen LogP contribution in [-0.4, -0.2) is 42.4 Å². The van der Waals surface area contributed by atoms with Crippen molar-refractivity contribution in [2.75, 3.05) is 26.7 Å². The van der Waals surface area contributed by atoms with Crippen molar-refractivity contribution in [2.24, 2.45) is 5.92 Å². The third-order valence-corrected chi connectivity index (χ3v) is 6.71. The number of hydrogen-bond acceptors (Lipinski definition) is 2. The average molecular weight is 427 g/mol. The molecule has 3 aromatic rings. The third kappa shape index (κ3) is 5.86. The molecule has 166 valence electrons. The van der Waals surface area contributed by atoms with E-state index < -0.39 is 0 Å². The SMILES string of the molecule is CN(Cc1ccccc1)C(=O)C1CCN(CCC(c2ccccc2)c2ccccc2)CC1. The fourth-order valence-corrected chi connectivity index (χ4v) is 4.86. The van der Waals surface area contributed by atoms with Gasteiger partial charge in [0.2, 0.25) is 5.91 Å². The van der Waals surface area contributed by atoms with Crippen molar-refractivity contribution in [2.45, 2.75) is 31.7 Å². The quantitative estimate of drug-likeness (QED) is 0.469. The van der Waals surface area contributed by atoms with Crippen LogP contribution in [0, 0.1) is 5.92 Å². The molecule has 1 amide bonds. The Hall–Kier alpha value is -2.91. The van der Waals surface area contributed by atoms with Gasteiger partial charge in [-0.25, -0.2) is 0 Å². The van der Waals surface area contributed by atoms with Crippen LogP contribution in [0.4, 0.5) is 0 Å². The summed E-state index contributed by atoms with van der Waals surface area (Å²) in [5, 5.41) is 0. The van der Waals surface area contributed by atoms with Crippen LogP contribution in [0.25, 0.3) is 0 Å². The van der Waals surface area contributed by atoms with Gasteiger partial charge in [-0.05, 0) is 55.6 Å². The molecule has 0 aliphatic carbocycles. The summed E-state index contributed by atoms with van der Waals surface area (Å²) in [4.78, 5) is 17.4. The predicted molar refractivity (Wildman–Crippen MR) is 131 cm³/mol. The van der Waals surface area contributed by atoms with E-state index in [9.17, 15) is 4.79 Å². The van der Waals surface area contributed by atoms with Crippen LogP contribution in [0.3, 0.4) is 0 Å². The largest absolute Gasteiger partial charge is 0.341 e. The van der Waals surface area contributed by atoms with E-state index in [-0.39, 0.29) is 5.92 Å². The van der Waals surface area contributed by atoms with E-state index in [1.165, 1.54) is 16.7 Å². The maximum atomic E-state index is 13.0. The summed E-state index contributed by atoms with van der Waals surface area (Å²) in [6.07, 6.45) is 3.01. The lowest BCUT2D eigenvalue weighted by Gasteiger charge is -2.34. The summed E-state index contributed by atoms with van der Waals surface area (Å²) in [6.45, 7) is 3.77. The molecule has 0 radical (unpaired) electrons. The van der Waals surface area contributed by atoms with E-state index in [1.54, 1.807) is 0 Å². The number of carbonyl (C=O) groups excluding carboxylic acids is 1. The lowest BCUT2D eigenvalue weighted by atomic mass is 9.88. The minimum Gasteiger partial charge on any atom is -0.341 e. The first-order valence-electron chi connectivity index (χ1n) is 11.8. The molecule has 1 saturated heterocycles. The van der Waals surface area contributed by atoms with Crippen LogP contribution in [0.5, 0.6) is 0 Å². The zero-order valence-corrected chi connectivity index (χ0v) is 19.1. The Morgan fingerprint density at radius 3 is 1.88 bits per heavy atom. The van der Waals surface area contributed by atoms with Crippen molar-refractivity contribution in [3.63, 3.8) is 0 Å². The Labute approximate surface area is 192 Å². The zero-order valence-electron chi connectivity index (χ0n) is 19.1. The van der Waals surface area contributed by atoms with Crippen LogP contribution in [0.2, 0.25) is 0 Å². The third-order valence-electron chi connectivity index (χ3n) is 6.71. The monoisotopic (exact) mass is 426 g/mol. The number of piperidine rings is 1. The molecule has 32 heavy (non-hydrogen) atoms. The first-order valence-corrected chi connectivity index (χ1v) is 11.8. The summed E-state index contributed by atoms with van der Waals surface area (Å²) in [5.41, 5.74) is 3.95. The van der Waals surface area contributed by atoms with Crippen molar-refractivity contribution >= 4 is 5.91 Å². The molecule has 0 atom stereocenters. The van der Waals surface area contributed by atoms with Crippen LogP contribution >= 0.6 is 0 Å². The Balaban J connectivity index is 1.30. The number of likely N-dealkylation sites (tertiary alicyclic amines) is 1. The van der Waals surface area contributed by atoms with Gasteiger partial charge in [0.05, 0.1) is 0 Å². The summed E-state index contributed by atoms with van der Waals surface area (Å²) in [7, 11) is 1.94. The molecule has 0 spiro atoms. The molecule has 1 heterocycles. The fraction of sp³-hybridized carbons (Fsp3) is 0.345. The molecule has 0 saturated carbocycles. The van der Waals surface area contributed by atoms with Gasteiger partial charge in [-0.15, -0.1) is 0 Å². The molecule has 3 nitrogen and oxygen atoms in total. The highest BCUT2D eigenvalue weighted by Gasteiger charge is 2.27. The lowest BCUT2D eigenvalue weighted by molar-refractivity contribution is -0.136. The molecule has 3 heteroatoms. The van der Waals surface area contributed by atoms with Crippen molar-refractivity contribution in [1.82, 2.24) is 9.80 Å². The van der Waals surface area contributed by atoms with E-state index in [4.69, 9.17) is 0 Å². The second kappa shape index (κ2) is 11.1. The summed E-state index contributed by atoms with van der Waals surface area (Å²) >= 11 is 0. The molecule has 0 bridgehead atoms.